The molecule has 0 saturated heterocycles. The fourth-order valence-corrected chi connectivity index (χ4v) is 0.874. The van der Waals surface area contributed by atoms with Crippen LogP contribution < -0.4 is 5.73 Å². The van der Waals surface area contributed by atoms with E-state index in [1.165, 1.54) is 0 Å². The first-order valence-corrected chi connectivity index (χ1v) is 3.54. The van der Waals surface area contributed by atoms with E-state index in [1.807, 2.05) is 0 Å². The Kier molecular flexibility index (Phi) is 2.66. The van der Waals surface area contributed by atoms with Crippen LogP contribution in [0.15, 0.2) is 12.5 Å². The molecule has 0 aliphatic rings. The summed E-state index contributed by atoms with van der Waals surface area (Å²) in [6.07, 6.45) is 5.44. The lowest BCUT2D eigenvalue weighted by Gasteiger charge is -1.93. The number of aromatic nitrogens is 2. The van der Waals surface area contributed by atoms with E-state index >= 15 is 0 Å². The third-order valence-corrected chi connectivity index (χ3v) is 1.42. The van der Waals surface area contributed by atoms with Gasteiger partial charge in [-0.25, -0.2) is 4.98 Å². The molecule has 0 fully saturated rings. The predicted molar refractivity (Wildman–Crippen MR) is 40.7 cm³/mol. The first-order chi connectivity index (χ1) is 5.29. The van der Waals surface area contributed by atoms with Gasteiger partial charge in [0.1, 0.15) is 0 Å². The molecule has 1 aromatic heterocycles. The summed E-state index contributed by atoms with van der Waals surface area (Å²) < 4.78 is 0. The van der Waals surface area contributed by atoms with Gasteiger partial charge in [-0.05, 0) is 12.8 Å². The fraction of sp³-hybridized carbons (Fsp3) is 0.429. The molecule has 4 nitrogen and oxygen atoms in total. The van der Waals surface area contributed by atoms with Crippen molar-refractivity contribution in [3.8, 4) is 0 Å². The molecule has 1 aromatic rings. The van der Waals surface area contributed by atoms with E-state index in [-0.39, 0.29) is 5.91 Å². The van der Waals surface area contributed by atoms with Crippen molar-refractivity contribution >= 4 is 5.91 Å². The third kappa shape index (κ3) is 2.84. The molecule has 4 heteroatoms. The van der Waals surface area contributed by atoms with Gasteiger partial charge in [0.25, 0.3) is 0 Å². The molecule has 0 bridgehead atoms. The Balaban J connectivity index is 2.19. The lowest BCUT2D eigenvalue weighted by molar-refractivity contribution is -0.118. The van der Waals surface area contributed by atoms with Crippen molar-refractivity contribution in [2.24, 2.45) is 5.73 Å². The summed E-state index contributed by atoms with van der Waals surface area (Å²) in [4.78, 5) is 17.1. The van der Waals surface area contributed by atoms with Crippen LogP contribution in [0.25, 0.3) is 0 Å². The average Bonchev–Trinajstić information content (AvgIpc) is 2.39. The molecule has 0 aromatic carbocycles. The number of aromatic amines is 1. The Labute approximate surface area is 64.8 Å². The highest BCUT2D eigenvalue weighted by Crippen LogP contribution is 1.98. The molecule has 0 spiro atoms. The SMILES string of the molecule is NC(=O)CCCc1cnc[nH]1. The van der Waals surface area contributed by atoms with Crippen LogP contribution in [0.4, 0.5) is 0 Å². The van der Waals surface area contributed by atoms with Crippen LogP contribution in [0.1, 0.15) is 18.5 Å². The molecule has 0 unspecified atom stereocenters. The maximum absolute atomic E-state index is 10.3. The van der Waals surface area contributed by atoms with Crippen molar-refractivity contribution in [3.63, 3.8) is 0 Å². The number of carbonyl (C=O) groups excluding carboxylic acids is 1. The second-order valence-electron chi connectivity index (χ2n) is 2.40. The minimum Gasteiger partial charge on any atom is -0.370 e. The standard InChI is InChI=1S/C7H11N3O/c8-7(11)3-1-2-6-4-9-5-10-6/h4-5H,1-3H2,(H2,8,11)(H,9,10). The van der Waals surface area contributed by atoms with Gasteiger partial charge in [0.15, 0.2) is 0 Å². The van der Waals surface area contributed by atoms with Gasteiger partial charge in [0.2, 0.25) is 5.91 Å². The molecule has 0 atom stereocenters. The minimum absolute atomic E-state index is 0.246. The summed E-state index contributed by atoms with van der Waals surface area (Å²) >= 11 is 0. The summed E-state index contributed by atoms with van der Waals surface area (Å²) in [5.74, 6) is -0.246. The molecular formula is C7H11N3O. The van der Waals surface area contributed by atoms with Crippen LogP contribution in [-0.2, 0) is 11.2 Å². The van der Waals surface area contributed by atoms with E-state index in [0.717, 1.165) is 18.5 Å². The number of aryl methyl sites for hydroxylation is 1. The van der Waals surface area contributed by atoms with Crippen LogP contribution in [-0.4, -0.2) is 15.9 Å². The number of nitrogens with one attached hydrogen (secondary N) is 1. The van der Waals surface area contributed by atoms with Gasteiger partial charge in [0.05, 0.1) is 6.33 Å². The number of H-pyrrole nitrogens is 1. The number of carbonyl (C=O) groups is 1. The zero-order chi connectivity index (χ0) is 8.10. The molecule has 0 aliphatic heterocycles. The van der Waals surface area contributed by atoms with Crippen LogP contribution >= 0.6 is 0 Å². The quantitative estimate of drug-likeness (QED) is 0.649. The first-order valence-electron chi connectivity index (χ1n) is 3.54. The monoisotopic (exact) mass is 153 g/mol. The van der Waals surface area contributed by atoms with Gasteiger partial charge in [0, 0.05) is 18.3 Å². The minimum atomic E-state index is -0.246. The van der Waals surface area contributed by atoms with Crippen LogP contribution in [0.5, 0.6) is 0 Å². The van der Waals surface area contributed by atoms with Gasteiger partial charge in [-0.1, -0.05) is 0 Å². The van der Waals surface area contributed by atoms with E-state index < -0.39 is 0 Å². The topological polar surface area (TPSA) is 71.8 Å². The normalized spacial score (nSPS) is 9.82. The summed E-state index contributed by atoms with van der Waals surface area (Å²) in [5.41, 5.74) is 6.01. The van der Waals surface area contributed by atoms with Gasteiger partial charge >= 0.3 is 0 Å². The highest BCUT2D eigenvalue weighted by atomic mass is 16.1. The van der Waals surface area contributed by atoms with E-state index in [9.17, 15) is 4.79 Å². The highest BCUT2D eigenvalue weighted by molar-refractivity contribution is 5.73. The number of imidazole rings is 1. The van der Waals surface area contributed by atoms with Crippen molar-refractivity contribution in [2.75, 3.05) is 0 Å². The van der Waals surface area contributed by atoms with Gasteiger partial charge < -0.3 is 10.7 Å². The first kappa shape index (κ1) is 7.78. The molecule has 11 heavy (non-hydrogen) atoms. The number of nitrogens with two attached hydrogens (primary N) is 1. The van der Waals surface area contributed by atoms with Gasteiger partial charge in [-0.3, -0.25) is 4.79 Å². The summed E-state index contributed by atoms with van der Waals surface area (Å²) in [6, 6.07) is 0. The third-order valence-electron chi connectivity index (χ3n) is 1.42. The predicted octanol–water partition coefficient (Wildman–Crippen LogP) is 0.218. The van der Waals surface area contributed by atoms with Crippen molar-refractivity contribution < 1.29 is 4.79 Å². The Bertz CT molecular complexity index is 218. The largest absolute Gasteiger partial charge is 0.370 e. The van der Waals surface area contributed by atoms with Crippen molar-refractivity contribution in [1.82, 2.24) is 9.97 Å². The molecular weight excluding hydrogens is 142 g/mol. The Morgan fingerprint density at radius 2 is 2.55 bits per heavy atom. The number of hydrogen-bond donors (Lipinski definition) is 2. The van der Waals surface area contributed by atoms with Crippen molar-refractivity contribution in [2.45, 2.75) is 19.3 Å². The zero-order valence-electron chi connectivity index (χ0n) is 6.21. The van der Waals surface area contributed by atoms with Gasteiger partial charge in [-0.2, -0.15) is 0 Å². The second-order valence-corrected chi connectivity index (χ2v) is 2.40. The summed E-state index contributed by atoms with van der Waals surface area (Å²) in [7, 11) is 0. The lowest BCUT2D eigenvalue weighted by atomic mass is 10.2. The Morgan fingerprint density at radius 3 is 3.09 bits per heavy atom. The highest BCUT2D eigenvalue weighted by Gasteiger charge is 1.96. The lowest BCUT2D eigenvalue weighted by Crippen LogP contribution is -2.10. The molecule has 1 heterocycles. The Hall–Kier alpha value is -1.32. The van der Waals surface area contributed by atoms with E-state index in [1.54, 1.807) is 12.5 Å². The van der Waals surface area contributed by atoms with Crippen LogP contribution in [0, 0.1) is 0 Å². The average molecular weight is 153 g/mol. The van der Waals surface area contributed by atoms with Crippen LogP contribution in [0.2, 0.25) is 0 Å². The molecule has 0 saturated carbocycles. The van der Waals surface area contributed by atoms with Crippen LogP contribution in [0.3, 0.4) is 0 Å². The molecule has 0 aliphatic carbocycles. The molecule has 1 amide bonds. The fourth-order valence-electron chi connectivity index (χ4n) is 0.874. The van der Waals surface area contributed by atoms with E-state index in [2.05, 4.69) is 9.97 Å². The summed E-state index contributed by atoms with van der Waals surface area (Å²) in [6.45, 7) is 0. The maximum atomic E-state index is 10.3. The van der Waals surface area contributed by atoms with Gasteiger partial charge in [-0.15, -0.1) is 0 Å². The Morgan fingerprint density at radius 1 is 1.73 bits per heavy atom. The summed E-state index contributed by atoms with van der Waals surface area (Å²) in [5, 5.41) is 0. The molecule has 3 N–H and O–H groups in total. The number of rotatable bonds is 4. The number of primary amides is 1. The maximum Gasteiger partial charge on any atom is 0.217 e. The molecule has 1 rings (SSSR count). The zero-order valence-corrected chi connectivity index (χ0v) is 6.21. The smallest absolute Gasteiger partial charge is 0.217 e. The van der Waals surface area contributed by atoms with Crippen molar-refractivity contribution in [3.05, 3.63) is 18.2 Å². The number of hydrogen-bond acceptors (Lipinski definition) is 2. The number of nitrogens with zero attached hydrogens (tertiary/aromatic N) is 1. The van der Waals surface area contributed by atoms with Crippen molar-refractivity contribution in [1.29, 1.82) is 0 Å². The second kappa shape index (κ2) is 3.75. The molecule has 0 radical (unpaired) electrons. The van der Waals surface area contributed by atoms with E-state index in [4.69, 9.17) is 5.73 Å². The molecule has 60 valence electrons. The van der Waals surface area contributed by atoms with E-state index in [0.29, 0.717) is 6.42 Å². The number of amides is 1.